The van der Waals surface area contributed by atoms with Crippen molar-refractivity contribution in [1.82, 2.24) is 9.97 Å². The number of aryl methyl sites for hydroxylation is 1. The number of ether oxygens (including phenoxy) is 2. The normalized spacial score (nSPS) is 10.2. The maximum Gasteiger partial charge on any atom is 0.395 e. The molecular weight excluding hydrogens is 278 g/mol. The molecule has 8 nitrogen and oxygen atoms in total. The van der Waals surface area contributed by atoms with Gasteiger partial charge in [0.1, 0.15) is 12.4 Å². The predicted octanol–water partition coefficient (Wildman–Crippen LogP) is 1.57. The van der Waals surface area contributed by atoms with Crippen LogP contribution in [0.15, 0.2) is 29.3 Å². The summed E-state index contributed by atoms with van der Waals surface area (Å²) in [7, 11) is 1.52. The zero-order valence-electron chi connectivity index (χ0n) is 11.5. The molecule has 2 rings (SSSR count). The van der Waals surface area contributed by atoms with Crippen LogP contribution >= 0.6 is 0 Å². The van der Waals surface area contributed by atoms with Gasteiger partial charge >= 0.3 is 17.1 Å². The summed E-state index contributed by atoms with van der Waals surface area (Å²) in [5.41, 5.74) is 0.113. The zero-order chi connectivity index (χ0) is 15.4. The van der Waals surface area contributed by atoms with Gasteiger partial charge in [0.15, 0.2) is 0 Å². The molecule has 0 unspecified atom stereocenters. The van der Waals surface area contributed by atoms with Gasteiger partial charge in [-0.2, -0.15) is 4.98 Å². The van der Waals surface area contributed by atoms with Crippen LogP contribution in [-0.4, -0.2) is 22.0 Å². The Morgan fingerprint density at radius 1 is 1.43 bits per heavy atom. The van der Waals surface area contributed by atoms with E-state index in [-0.39, 0.29) is 12.5 Å². The minimum atomic E-state index is -0.860. The van der Waals surface area contributed by atoms with Crippen LogP contribution in [0, 0.1) is 17.0 Å². The van der Waals surface area contributed by atoms with Crippen LogP contribution in [0.25, 0.3) is 0 Å². The maximum atomic E-state index is 11.4. The highest BCUT2D eigenvalue weighted by atomic mass is 16.6. The van der Waals surface area contributed by atoms with E-state index in [0.29, 0.717) is 11.3 Å². The number of nitro groups is 1. The monoisotopic (exact) mass is 291 g/mol. The summed E-state index contributed by atoms with van der Waals surface area (Å²) < 4.78 is 10.5. The summed E-state index contributed by atoms with van der Waals surface area (Å²) >= 11 is 0. The van der Waals surface area contributed by atoms with Gasteiger partial charge in [-0.3, -0.25) is 14.9 Å². The third-order valence-corrected chi connectivity index (χ3v) is 2.78. The number of hydrogen-bond acceptors (Lipinski definition) is 6. The number of nitrogens with zero attached hydrogens (tertiary/aromatic N) is 2. The molecule has 2 aromatic rings. The van der Waals surface area contributed by atoms with E-state index < -0.39 is 16.2 Å². The third kappa shape index (κ3) is 3.16. The van der Waals surface area contributed by atoms with Crippen LogP contribution in [0.4, 0.5) is 5.69 Å². The quantitative estimate of drug-likeness (QED) is 0.661. The fourth-order valence-corrected chi connectivity index (χ4v) is 1.81. The number of benzene rings is 1. The second-order valence-electron chi connectivity index (χ2n) is 4.25. The fraction of sp³-hybridized carbons (Fsp3) is 0.231. The summed E-state index contributed by atoms with van der Waals surface area (Å²) in [5.74, 6) is 0.264. The SMILES string of the molecule is COc1ccc(C)cc1COc1nc[nH]c(=O)c1[N+](=O)[O-]. The molecule has 0 aliphatic carbocycles. The van der Waals surface area contributed by atoms with Gasteiger partial charge in [-0.15, -0.1) is 0 Å². The average molecular weight is 291 g/mol. The Balaban J connectivity index is 2.29. The Labute approximate surface area is 119 Å². The topological polar surface area (TPSA) is 107 Å². The Morgan fingerprint density at radius 2 is 2.19 bits per heavy atom. The van der Waals surface area contributed by atoms with Crippen molar-refractivity contribution in [3.63, 3.8) is 0 Å². The highest BCUT2D eigenvalue weighted by Gasteiger charge is 2.22. The molecule has 0 fully saturated rings. The van der Waals surface area contributed by atoms with Crippen molar-refractivity contribution in [3.8, 4) is 11.6 Å². The van der Waals surface area contributed by atoms with Crippen LogP contribution < -0.4 is 15.0 Å². The molecule has 1 N–H and O–H groups in total. The molecule has 0 spiro atoms. The Morgan fingerprint density at radius 3 is 2.86 bits per heavy atom. The second kappa shape index (κ2) is 6.04. The number of aromatic amines is 1. The van der Waals surface area contributed by atoms with Gasteiger partial charge in [0, 0.05) is 5.56 Å². The molecule has 0 atom stereocenters. The lowest BCUT2D eigenvalue weighted by Crippen LogP contribution is -2.14. The third-order valence-electron chi connectivity index (χ3n) is 2.78. The lowest BCUT2D eigenvalue weighted by Gasteiger charge is -2.10. The molecule has 0 aliphatic rings. The highest BCUT2D eigenvalue weighted by molar-refractivity contribution is 5.39. The lowest BCUT2D eigenvalue weighted by atomic mass is 10.1. The van der Waals surface area contributed by atoms with Crippen molar-refractivity contribution < 1.29 is 14.4 Å². The Bertz CT molecular complexity index is 726. The van der Waals surface area contributed by atoms with Gasteiger partial charge in [-0.1, -0.05) is 11.6 Å². The van der Waals surface area contributed by atoms with E-state index in [0.717, 1.165) is 11.9 Å². The summed E-state index contributed by atoms with van der Waals surface area (Å²) in [6.07, 6.45) is 1.05. The molecule has 1 aromatic carbocycles. The van der Waals surface area contributed by atoms with Crippen molar-refractivity contribution in [1.29, 1.82) is 0 Å². The smallest absolute Gasteiger partial charge is 0.395 e. The van der Waals surface area contributed by atoms with Gasteiger partial charge in [-0.25, -0.2) is 0 Å². The summed E-state index contributed by atoms with van der Waals surface area (Å²) in [5, 5.41) is 10.9. The molecular formula is C13H13N3O5. The van der Waals surface area contributed by atoms with Gasteiger partial charge < -0.3 is 14.5 Å². The van der Waals surface area contributed by atoms with Crippen LogP contribution in [0.5, 0.6) is 11.6 Å². The van der Waals surface area contributed by atoms with Crippen LogP contribution in [0.3, 0.4) is 0 Å². The molecule has 0 radical (unpaired) electrons. The first-order chi connectivity index (χ1) is 10.0. The first-order valence-corrected chi connectivity index (χ1v) is 6.01. The summed E-state index contributed by atoms with van der Waals surface area (Å²) in [4.78, 5) is 27.3. The van der Waals surface area contributed by atoms with E-state index in [1.807, 2.05) is 19.1 Å². The number of aromatic nitrogens is 2. The molecule has 0 aliphatic heterocycles. The number of nitrogens with one attached hydrogen (secondary N) is 1. The van der Waals surface area contributed by atoms with Gasteiger partial charge in [0.25, 0.3) is 0 Å². The van der Waals surface area contributed by atoms with Crippen molar-refractivity contribution in [3.05, 3.63) is 56.1 Å². The largest absolute Gasteiger partial charge is 0.496 e. The highest BCUT2D eigenvalue weighted by Crippen LogP contribution is 2.23. The number of H-pyrrole nitrogens is 1. The molecule has 21 heavy (non-hydrogen) atoms. The van der Waals surface area contributed by atoms with E-state index in [2.05, 4.69) is 9.97 Å². The van der Waals surface area contributed by atoms with Crippen LogP contribution in [-0.2, 0) is 6.61 Å². The van der Waals surface area contributed by atoms with E-state index in [1.54, 1.807) is 6.07 Å². The first-order valence-electron chi connectivity index (χ1n) is 6.01. The molecule has 1 heterocycles. The summed E-state index contributed by atoms with van der Waals surface area (Å²) in [6.45, 7) is 1.90. The molecule has 1 aromatic heterocycles. The van der Waals surface area contributed by atoms with Crippen LogP contribution in [0.2, 0.25) is 0 Å². The minimum Gasteiger partial charge on any atom is -0.496 e. The van der Waals surface area contributed by atoms with Gasteiger partial charge in [0.05, 0.1) is 18.4 Å². The molecule has 110 valence electrons. The maximum absolute atomic E-state index is 11.4. The zero-order valence-corrected chi connectivity index (χ0v) is 11.5. The number of hydrogen-bond donors (Lipinski definition) is 1. The first kappa shape index (κ1) is 14.5. The summed E-state index contributed by atoms with van der Waals surface area (Å²) in [6, 6.07) is 5.47. The van der Waals surface area contributed by atoms with E-state index in [4.69, 9.17) is 9.47 Å². The van der Waals surface area contributed by atoms with Crippen molar-refractivity contribution >= 4 is 5.69 Å². The van der Waals surface area contributed by atoms with Crippen molar-refractivity contribution in [2.45, 2.75) is 13.5 Å². The average Bonchev–Trinajstić information content (AvgIpc) is 2.44. The lowest BCUT2D eigenvalue weighted by molar-refractivity contribution is -0.387. The Hall–Kier alpha value is -2.90. The van der Waals surface area contributed by atoms with Gasteiger partial charge in [0.2, 0.25) is 0 Å². The van der Waals surface area contributed by atoms with E-state index >= 15 is 0 Å². The van der Waals surface area contributed by atoms with E-state index in [1.165, 1.54) is 7.11 Å². The minimum absolute atomic E-state index is 0.00213. The number of rotatable bonds is 5. The van der Waals surface area contributed by atoms with Gasteiger partial charge in [-0.05, 0) is 19.1 Å². The number of methoxy groups -OCH3 is 1. The molecule has 0 amide bonds. The standard InChI is InChI=1S/C13H13N3O5/c1-8-3-4-10(20-2)9(5-8)6-21-13-11(16(18)19)12(17)14-7-15-13/h3-5,7H,6H2,1-2H3,(H,14,15,17). The molecule has 0 bridgehead atoms. The molecule has 0 saturated carbocycles. The Kier molecular flexibility index (Phi) is 4.17. The molecule has 0 saturated heterocycles. The van der Waals surface area contributed by atoms with E-state index in [9.17, 15) is 14.9 Å². The van der Waals surface area contributed by atoms with Crippen LogP contribution in [0.1, 0.15) is 11.1 Å². The fourth-order valence-electron chi connectivity index (χ4n) is 1.81. The van der Waals surface area contributed by atoms with Crippen molar-refractivity contribution in [2.75, 3.05) is 7.11 Å². The molecule has 8 heteroatoms. The predicted molar refractivity (Wildman–Crippen MR) is 73.6 cm³/mol. The van der Waals surface area contributed by atoms with Crippen molar-refractivity contribution in [2.24, 2.45) is 0 Å². The second-order valence-corrected chi connectivity index (χ2v) is 4.25.